The third-order valence-corrected chi connectivity index (χ3v) is 6.10. The van der Waals surface area contributed by atoms with Gasteiger partial charge in [-0.3, -0.25) is 9.78 Å². The molecule has 0 unspecified atom stereocenters. The molecule has 8 nitrogen and oxygen atoms in total. The van der Waals surface area contributed by atoms with Gasteiger partial charge in [-0.25, -0.2) is 4.98 Å². The molecule has 1 aliphatic rings. The van der Waals surface area contributed by atoms with Crippen molar-refractivity contribution < 1.29 is 9.84 Å². The minimum atomic E-state index is -0.241. The van der Waals surface area contributed by atoms with Gasteiger partial charge in [0.25, 0.3) is 5.56 Å². The van der Waals surface area contributed by atoms with Crippen molar-refractivity contribution in [1.29, 1.82) is 0 Å². The maximum atomic E-state index is 13.2. The van der Waals surface area contributed by atoms with Gasteiger partial charge in [-0.05, 0) is 24.5 Å². The zero-order valence-electron chi connectivity index (χ0n) is 17.2. The first-order valence-electron chi connectivity index (χ1n) is 10.3. The van der Waals surface area contributed by atoms with Crippen molar-refractivity contribution in [3.05, 3.63) is 34.6 Å². The van der Waals surface area contributed by atoms with E-state index in [0.717, 1.165) is 16.6 Å². The Hall–Kier alpha value is -2.49. The lowest BCUT2D eigenvalue weighted by Gasteiger charge is -2.28. The second-order valence-corrected chi connectivity index (χ2v) is 8.88. The third-order valence-electron chi connectivity index (χ3n) is 5.04. The van der Waals surface area contributed by atoms with Crippen LogP contribution >= 0.6 is 11.3 Å². The molecule has 0 radical (unpaired) electrons. The highest BCUT2D eigenvalue weighted by Crippen LogP contribution is 2.32. The van der Waals surface area contributed by atoms with Crippen molar-refractivity contribution in [2.45, 2.75) is 26.3 Å². The number of hydrogen-bond donors (Lipinski definition) is 3. The molecule has 0 spiro atoms. The predicted octanol–water partition coefficient (Wildman–Crippen LogP) is 2.70. The molecular formula is C21H27N5O3S. The van der Waals surface area contributed by atoms with E-state index in [1.807, 2.05) is 29.2 Å². The van der Waals surface area contributed by atoms with E-state index in [2.05, 4.69) is 29.1 Å². The summed E-state index contributed by atoms with van der Waals surface area (Å²) in [6.45, 7) is 6.68. The summed E-state index contributed by atoms with van der Waals surface area (Å²) in [5, 5.41) is 13.8. The Kier molecular flexibility index (Phi) is 6.31. The molecule has 3 N–H and O–H groups in total. The van der Waals surface area contributed by atoms with Gasteiger partial charge in [0.1, 0.15) is 16.4 Å². The number of anilines is 2. The van der Waals surface area contributed by atoms with Crippen LogP contribution in [0.4, 0.5) is 11.8 Å². The summed E-state index contributed by atoms with van der Waals surface area (Å²) < 4.78 is 6.43. The van der Waals surface area contributed by atoms with Crippen molar-refractivity contribution in [3.63, 3.8) is 0 Å². The van der Waals surface area contributed by atoms with Crippen molar-refractivity contribution in [1.82, 2.24) is 15.0 Å². The molecule has 0 saturated carbocycles. The second kappa shape index (κ2) is 9.11. The summed E-state index contributed by atoms with van der Waals surface area (Å²) in [5.41, 5.74) is 1.02. The molecule has 2 aromatic heterocycles. The highest BCUT2D eigenvalue weighted by molar-refractivity contribution is 7.21. The Morgan fingerprint density at radius 3 is 2.73 bits per heavy atom. The maximum absolute atomic E-state index is 13.2. The number of thiazole rings is 1. The summed E-state index contributed by atoms with van der Waals surface area (Å²) in [7, 11) is 0. The molecule has 0 bridgehead atoms. The fourth-order valence-electron chi connectivity index (χ4n) is 3.61. The molecule has 160 valence electrons. The number of rotatable bonds is 7. The summed E-state index contributed by atoms with van der Waals surface area (Å²) in [6.07, 6.45) is 0.761. The van der Waals surface area contributed by atoms with E-state index in [1.54, 1.807) is 0 Å². The van der Waals surface area contributed by atoms with Gasteiger partial charge in [0.2, 0.25) is 5.95 Å². The van der Waals surface area contributed by atoms with E-state index < -0.39 is 0 Å². The molecule has 4 rings (SSSR count). The molecule has 9 heteroatoms. The number of morpholine rings is 1. The van der Waals surface area contributed by atoms with Crippen LogP contribution in [0.25, 0.3) is 20.8 Å². The van der Waals surface area contributed by atoms with Crippen LogP contribution in [-0.4, -0.2) is 59.0 Å². The smallest absolute Gasteiger partial charge is 0.264 e. The second-order valence-electron chi connectivity index (χ2n) is 7.85. The molecule has 3 aromatic rings. The lowest BCUT2D eigenvalue weighted by molar-refractivity contribution is 0.122. The zero-order chi connectivity index (χ0) is 21.1. The molecular weight excluding hydrogens is 402 g/mol. The Bertz CT molecular complexity index is 1030. The number of benzene rings is 1. The number of aromatic nitrogens is 3. The van der Waals surface area contributed by atoms with Crippen LogP contribution in [0, 0.1) is 5.92 Å². The number of nitrogens with one attached hydrogen (secondary N) is 2. The van der Waals surface area contributed by atoms with E-state index in [9.17, 15) is 9.90 Å². The van der Waals surface area contributed by atoms with Gasteiger partial charge < -0.3 is 20.1 Å². The summed E-state index contributed by atoms with van der Waals surface area (Å²) in [5.74, 6) is 1.36. The predicted molar refractivity (Wildman–Crippen MR) is 120 cm³/mol. The van der Waals surface area contributed by atoms with Crippen LogP contribution in [-0.2, 0) is 4.74 Å². The number of aromatic amines is 1. The lowest BCUT2D eigenvalue weighted by atomic mass is 10.0. The van der Waals surface area contributed by atoms with Gasteiger partial charge in [-0.1, -0.05) is 26.0 Å². The Balaban J connectivity index is 1.79. The van der Waals surface area contributed by atoms with Gasteiger partial charge in [-0.2, -0.15) is 4.98 Å². The van der Waals surface area contributed by atoms with Gasteiger partial charge >= 0.3 is 0 Å². The van der Waals surface area contributed by atoms with E-state index in [-0.39, 0.29) is 18.2 Å². The first-order chi connectivity index (χ1) is 14.5. The molecule has 1 atom stereocenters. The van der Waals surface area contributed by atoms with Gasteiger partial charge in [0.15, 0.2) is 0 Å². The highest BCUT2D eigenvalue weighted by Gasteiger charge is 2.23. The monoisotopic (exact) mass is 429 g/mol. The molecule has 1 aliphatic heterocycles. The lowest BCUT2D eigenvalue weighted by Crippen LogP contribution is -2.39. The van der Waals surface area contributed by atoms with Crippen LogP contribution in [0.15, 0.2) is 29.1 Å². The van der Waals surface area contributed by atoms with Crippen LogP contribution in [0.1, 0.15) is 20.3 Å². The number of aliphatic hydroxyl groups excluding tert-OH is 1. The molecule has 1 fully saturated rings. The van der Waals surface area contributed by atoms with Crippen molar-refractivity contribution in [2.75, 3.05) is 43.1 Å². The SMILES string of the molecule is CC(C)C[C@H](CO)Nc1nc(N2CCOCC2)[nH]c(=O)c1-c1nc2ccccc2s1. The van der Waals surface area contributed by atoms with Crippen molar-refractivity contribution >= 4 is 33.3 Å². The Labute approximate surface area is 178 Å². The summed E-state index contributed by atoms with van der Waals surface area (Å²) in [4.78, 5) is 27.5. The number of aliphatic hydroxyl groups is 1. The van der Waals surface area contributed by atoms with Crippen LogP contribution in [0.2, 0.25) is 0 Å². The van der Waals surface area contributed by atoms with E-state index in [1.165, 1.54) is 11.3 Å². The largest absolute Gasteiger partial charge is 0.394 e. The fourth-order valence-corrected chi connectivity index (χ4v) is 4.62. The van der Waals surface area contributed by atoms with Crippen LogP contribution < -0.4 is 15.8 Å². The molecule has 1 saturated heterocycles. The summed E-state index contributed by atoms with van der Waals surface area (Å²) >= 11 is 1.46. The first kappa shape index (κ1) is 20.8. The normalized spacial score (nSPS) is 15.7. The van der Waals surface area contributed by atoms with Gasteiger partial charge in [0.05, 0.1) is 36.1 Å². The third kappa shape index (κ3) is 4.48. The molecule has 0 aliphatic carbocycles. The standard InChI is InChI=1S/C21H27N5O3S/c1-13(2)11-14(12-27)22-18-17(20-23-15-5-3-4-6-16(15)30-20)19(28)25-21(24-18)26-7-9-29-10-8-26/h3-6,13-14,27H,7-12H2,1-2H3,(H2,22,24,25,28)/t14-/m1/s1. The average molecular weight is 430 g/mol. The van der Waals surface area contributed by atoms with E-state index in [4.69, 9.17) is 9.72 Å². The highest BCUT2D eigenvalue weighted by atomic mass is 32.1. The van der Waals surface area contributed by atoms with E-state index >= 15 is 0 Å². The number of nitrogens with zero attached hydrogens (tertiary/aromatic N) is 3. The Morgan fingerprint density at radius 2 is 2.03 bits per heavy atom. The van der Waals surface area contributed by atoms with E-state index in [0.29, 0.717) is 54.6 Å². The fraction of sp³-hybridized carbons (Fsp3) is 0.476. The average Bonchev–Trinajstić information content (AvgIpc) is 3.16. The zero-order valence-corrected chi connectivity index (χ0v) is 18.0. The number of H-pyrrole nitrogens is 1. The number of ether oxygens (including phenoxy) is 1. The first-order valence-corrected chi connectivity index (χ1v) is 11.1. The van der Waals surface area contributed by atoms with Crippen molar-refractivity contribution in [3.8, 4) is 10.6 Å². The molecule has 3 heterocycles. The maximum Gasteiger partial charge on any atom is 0.264 e. The topological polar surface area (TPSA) is 103 Å². The quantitative estimate of drug-likeness (QED) is 0.530. The summed E-state index contributed by atoms with van der Waals surface area (Å²) in [6, 6.07) is 7.60. The molecule has 30 heavy (non-hydrogen) atoms. The molecule has 0 amide bonds. The number of hydrogen-bond acceptors (Lipinski definition) is 8. The Morgan fingerprint density at radius 1 is 1.27 bits per heavy atom. The molecule has 1 aromatic carbocycles. The minimum Gasteiger partial charge on any atom is -0.394 e. The number of para-hydroxylation sites is 1. The van der Waals surface area contributed by atoms with Gasteiger partial charge in [0, 0.05) is 13.1 Å². The number of fused-ring (bicyclic) bond motifs is 1. The minimum absolute atomic E-state index is 0.0428. The van der Waals surface area contributed by atoms with Crippen LogP contribution in [0.5, 0.6) is 0 Å². The van der Waals surface area contributed by atoms with Crippen molar-refractivity contribution in [2.24, 2.45) is 5.92 Å². The van der Waals surface area contributed by atoms with Gasteiger partial charge in [-0.15, -0.1) is 11.3 Å². The van der Waals surface area contributed by atoms with Crippen LogP contribution in [0.3, 0.4) is 0 Å².